The summed E-state index contributed by atoms with van der Waals surface area (Å²) >= 11 is 0. The van der Waals surface area contributed by atoms with Crippen molar-refractivity contribution >= 4 is 22.6 Å². The van der Waals surface area contributed by atoms with E-state index in [9.17, 15) is 9.59 Å². The van der Waals surface area contributed by atoms with Gasteiger partial charge in [-0.3, -0.25) is 13.9 Å². The predicted octanol–water partition coefficient (Wildman–Crippen LogP) is 4.00. The lowest BCUT2D eigenvalue weighted by Crippen LogP contribution is -2.30. The number of imidazole rings is 1. The summed E-state index contributed by atoms with van der Waals surface area (Å²) in [6.07, 6.45) is 0. The minimum atomic E-state index is -0.266. The Bertz CT molecular complexity index is 1340. The van der Waals surface area contributed by atoms with Crippen LogP contribution in [0.1, 0.15) is 36.9 Å². The first-order valence-electron chi connectivity index (χ1n) is 10.2. The van der Waals surface area contributed by atoms with Crippen LogP contribution in [0.15, 0.2) is 45.7 Å². The molecule has 31 heavy (non-hydrogen) atoms. The monoisotopic (exact) mass is 419 g/mol. The van der Waals surface area contributed by atoms with E-state index in [0.29, 0.717) is 22.8 Å². The Morgan fingerprint density at radius 2 is 1.87 bits per heavy atom. The highest BCUT2D eigenvalue weighted by molar-refractivity contribution is 5.92. The Hall–Kier alpha value is -3.68. The molecule has 0 saturated carbocycles. The molecule has 2 heterocycles. The van der Waals surface area contributed by atoms with Gasteiger partial charge in [0.2, 0.25) is 17.6 Å². The van der Waals surface area contributed by atoms with Crippen LogP contribution in [0.4, 0.5) is 5.69 Å². The van der Waals surface area contributed by atoms with E-state index in [1.165, 1.54) is 4.57 Å². The van der Waals surface area contributed by atoms with Crippen molar-refractivity contribution in [3.63, 3.8) is 0 Å². The molecule has 0 aliphatic carbocycles. The molecule has 0 aliphatic rings. The fourth-order valence-electron chi connectivity index (χ4n) is 3.77. The van der Waals surface area contributed by atoms with E-state index < -0.39 is 0 Å². The van der Waals surface area contributed by atoms with Gasteiger partial charge in [-0.1, -0.05) is 22.9 Å². The zero-order valence-corrected chi connectivity index (χ0v) is 18.3. The second-order valence-electron chi connectivity index (χ2n) is 8.04. The quantitative estimate of drug-likeness (QED) is 0.528. The Kier molecular flexibility index (Phi) is 5.22. The van der Waals surface area contributed by atoms with Crippen molar-refractivity contribution in [1.29, 1.82) is 0 Å². The normalized spacial score (nSPS) is 11.4. The summed E-state index contributed by atoms with van der Waals surface area (Å²) in [6.45, 7) is 9.45. The molecular weight excluding hydrogens is 394 g/mol. The molecule has 4 aromatic rings. The maximum absolute atomic E-state index is 13.2. The van der Waals surface area contributed by atoms with Crippen LogP contribution in [0.25, 0.3) is 22.4 Å². The lowest BCUT2D eigenvalue weighted by molar-refractivity contribution is -0.116. The maximum Gasteiger partial charge on any atom is 0.329 e. The van der Waals surface area contributed by atoms with Gasteiger partial charge in [-0.25, -0.2) is 4.79 Å². The molecule has 0 radical (unpaired) electrons. The molecule has 0 fully saturated rings. The van der Waals surface area contributed by atoms with Crippen molar-refractivity contribution in [2.75, 3.05) is 5.32 Å². The van der Waals surface area contributed by atoms with E-state index in [1.54, 1.807) is 11.5 Å². The standard InChI is InChI=1S/C23H25N5O3/c1-13(2)28-19-9-7-17(22-24-16(5)31-26-22)11-20(19)27(23(28)30)12-21(29)25-18-8-6-14(3)10-15(18)4/h6-11,13H,12H2,1-5H3,(H,25,29). The van der Waals surface area contributed by atoms with Gasteiger partial charge in [0.15, 0.2) is 0 Å². The van der Waals surface area contributed by atoms with Crippen molar-refractivity contribution in [2.24, 2.45) is 0 Å². The fourth-order valence-corrected chi connectivity index (χ4v) is 3.77. The van der Waals surface area contributed by atoms with Gasteiger partial charge < -0.3 is 9.84 Å². The van der Waals surface area contributed by atoms with Gasteiger partial charge in [0.1, 0.15) is 6.54 Å². The van der Waals surface area contributed by atoms with Crippen LogP contribution in [0.3, 0.4) is 0 Å². The first-order chi connectivity index (χ1) is 14.7. The van der Waals surface area contributed by atoms with Gasteiger partial charge in [0.05, 0.1) is 11.0 Å². The number of hydrogen-bond donors (Lipinski definition) is 1. The molecule has 160 valence electrons. The number of hydrogen-bond acceptors (Lipinski definition) is 5. The third kappa shape index (κ3) is 3.88. The van der Waals surface area contributed by atoms with Crippen LogP contribution in [0, 0.1) is 20.8 Å². The molecule has 1 amide bonds. The molecule has 0 aliphatic heterocycles. The number of nitrogens with one attached hydrogen (secondary N) is 1. The van der Waals surface area contributed by atoms with Crippen molar-refractivity contribution in [2.45, 2.75) is 47.2 Å². The maximum atomic E-state index is 13.2. The summed E-state index contributed by atoms with van der Waals surface area (Å²) in [7, 11) is 0. The van der Waals surface area contributed by atoms with Crippen molar-refractivity contribution in [1.82, 2.24) is 19.3 Å². The van der Waals surface area contributed by atoms with E-state index >= 15 is 0 Å². The van der Waals surface area contributed by atoms with Crippen molar-refractivity contribution in [3.05, 3.63) is 63.9 Å². The number of benzene rings is 2. The smallest absolute Gasteiger partial charge is 0.329 e. The molecule has 1 N–H and O–H groups in total. The van der Waals surface area contributed by atoms with E-state index in [0.717, 1.165) is 22.3 Å². The van der Waals surface area contributed by atoms with Crippen molar-refractivity contribution < 1.29 is 9.32 Å². The topological polar surface area (TPSA) is 95.0 Å². The van der Waals surface area contributed by atoms with E-state index in [4.69, 9.17) is 4.52 Å². The molecule has 2 aromatic heterocycles. The predicted molar refractivity (Wildman–Crippen MR) is 119 cm³/mol. The highest BCUT2D eigenvalue weighted by atomic mass is 16.5. The molecule has 0 spiro atoms. The third-order valence-corrected chi connectivity index (χ3v) is 5.22. The third-order valence-electron chi connectivity index (χ3n) is 5.22. The second kappa shape index (κ2) is 7.86. The minimum absolute atomic E-state index is 0.0584. The molecule has 8 nitrogen and oxygen atoms in total. The molecule has 8 heteroatoms. The summed E-state index contributed by atoms with van der Waals surface area (Å²) in [5.74, 6) is 0.633. The van der Waals surface area contributed by atoms with Crippen LogP contribution in [-0.2, 0) is 11.3 Å². The van der Waals surface area contributed by atoms with Crippen LogP contribution in [-0.4, -0.2) is 25.2 Å². The van der Waals surface area contributed by atoms with Crippen LogP contribution in [0.2, 0.25) is 0 Å². The number of anilines is 1. The average Bonchev–Trinajstić information content (AvgIpc) is 3.25. The Labute approximate surface area is 179 Å². The molecule has 0 unspecified atom stereocenters. The molecule has 2 aromatic carbocycles. The zero-order chi connectivity index (χ0) is 22.3. The number of fused-ring (bicyclic) bond motifs is 1. The molecule has 0 atom stereocenters. The van der Waals surface area contributed by atoms with Gasteiger partial charge in [0.25, 0.3) is 0 Å². The van der Waals surface area contributed by atoms with Crippen molar-refractivity contribution in [3.8, 4) is 11.4 Å². The lowest BCUT2D eigenvalue weighted by atomic mass is 10.1. The Morgan fingerprint density at radius 1 is 1.10 bits per heavy atom. The minimum Gasteiger partial charge on any atom is -0.339 e. The zero-order valence-electron chi connectivity index (χ0n) is 18.3. The van der Waals surface area contributed by atoms with Crippen LogP contribution < -0.4 is 11.0 Å². The highest BCUT2D eigenvalue weighted by Gasteiger charge is 2.19. The summed E-state index contributed by atoms with van der Waals surface area (Å²) in [6, 6.07) is 11.3. The number of aromatic nitrogens is 4. The van der Waals surface area contributed by atoms with Gasteiger partial charge in [-0.2, -0.15) is 4.98 Å². The molecule has 0 saturated heterocycles. The highest BCUT2D eigenvalue weighted by Crippen LogP contribution is 2.24. The summed E-state index contributed by atoms with van der Waals surface area (Å²) in [5.41, 5.74) is 4.71. The fraction of sp³-hybridized carbons (Fsp3) is 0.304. The largest absolute Gasteiger partial charge is 0.339 e. The second-order valence-corrected chi connectivity index (χ2v) is 8.04. The Balaban J connectivity index is 1.75. The average molecular weight is 419 g/mol. The molecule has 4 rings (SSSR count). The number of carbonyl (C=O) groups excluding carboxylic acids is 1. The number of nitrogens with zero attached hydrogens (tertiary/aromatic N) is 4. The van der Waals surface area contributed by atoms with E-state index in [1.807, 2.05) is 64.1 Å². The Morgan fingerprint density at radius 3 is 2.52 bits per heavy atom. The number of carbonyl (C=O) groups is 1. The van der Waals surface area contributed by atoms with Crippen LogP contribution in [0.5, 0.6) is 0 Å². The van der Waals surface area contributed by atoms with E-state index in [2.05, 4.69) is 15.5 Å². The van der Waals surface area contributed by atoms with Gasteiger partial charge in [-0.15, -0.1) is 0 Å². The summed E-state index contributed by atoms with van der Waals surface area (Å²) < 4.78 is 8.26. The number of rotatable bonds is 5. The van der Waals surface area contributed by atoms with E-state index in [-0.39, 0.29) is 24.2 Å². The number of amides is 1. The summed E-state index contributed by atoms with van der Waals surface area (Å²) in [4.78, 5) is 30.3. The first kappa shape index (κ1) is 20.6. The van der Waals surface area contributed by atoms with Gasteiger partial charge >= 0.3 is 5.69 Å². The van der Waals surface area contributed by atoms with Crippen LogP contribution >= 0.6 is 0 Å². The van der Waals surface area contributed by atoms with Gasteiger partial charge in [-0.05, 0) is 57.5 Å². The van der Waals surface area contributed by atoms with Gasteiger partial charge in [0, 0.05) is 24.2 Å². The number of aryl methyl sites for hydroxylation is 3. The molecular formula is C23H25N5O3. The SMILES string of the molecule is Cc1ccc(NC(=O)Cn2c(=O)n(C(C)C)c3ccc(-c4noc(C)n4)cc32)c(C)c1. The first-order valence-corrected chi connectivity index (χ1v) is 10.2. The molecule has 0 bridgehead atoms. The lowest BCUT2D eigenvalue weighted by Gasteiger charge is -2.10. The summed E-state index contributed by atoms with van der Waals surface area (Å²) in [5, 5.41) is 6.88.